The van der Waals surface area contributed by atoms with Crippen molar-refractivity contribution in [3.8, 4) is 0 Å². The zero-order chi connectivity index (χ0) is 15.2. The van der Waals surface area contributed by atoms with Gasteiger partial charge in [0.2, 0.25) is 0 Å². The van der Waals surface area contributed by atoms with Gasteiger partial charge in [0.25, 0.3) is 0 Å². The molecule has 0 aliphatic heterocycles. The molecular weight excluding hydrogens is 326 g/mol. The Morgan fingerprint density at radius 3 is 2.24 bits per heavy atom. The van der Waals surface area contributed by atoms with Crippen molar-refractivity contribution in [2.24, 2.45) is 0 Å². The molecule has 2 aromatic rings. The second-order valence-electron chi connectivity index (χ2n) is 5.13. The molecule has 0 radical (unpaired) electrons. The summed E-state index contributed by atoms with van der Waals surface area (Å²) in [4.78, 5) is 11.9. The molecule has 0 fully saturated rings. The van der Waals surface area contributed by atoms with E-state index in [0.717, 1.165) is 10.2 Å². The van der Waals surface area contributed by atoms with Crippen LogP contribution in [0.5, 0.6) is 0 Å². The van der Waals surface area contributed by atoms with E-state index in [9.17, 15) is 4.79 Å². The van der Waals surface area contributed by atoms with Gasteiger partial charge >= 0.3 is 0 Å². The third-order valence-corrected chi connectivity index (χ3v) is 3.72. The fraction of sp³-hybridized carbons (Fsp3) is 0.167. The summed E-state index contributed by atoms with van der Waals surface area (Å²) in [6.45, 7) is 4.33. The van der Waals surface area contributed by atoms with Crippen molar-refractivity contribution in [1.29, 1.82) is 0 Å². The monoisotopic (exact) mass is 343 g/mol. The van der Waals surface area contributed by atoms with Gasteiger partial charge in [-0.15, -0.1) is 0 Å². The van der Waals surface area contributed by atoms with Crippen LogP contribution in [0, 0.1) is 0 Å². The Hall–Kier alpha value is -1.87. The molecule has 2 rings (SSSR count). The van der Waals surface area contributed by atoms with Gasteiger partial charge in [-0.05, 0) is 47.9 Å². The van der Waals surface area contributed by atoms with Crippen molar-refractivity contribution in [1.82, 2.24) is 0 Å². The SMILES string of the molecule is CC(C)c1ccc(N/C=C/C(=O)c2ccc(Br)cc2)cc1. The van der Waals surface area contributed by atoms with Gasteiger partial charge < -0.3 is 5.32 Å². The highest BCUT2D eigenvalue weighted by atomic mass is 79.9. The van der Waals surface area contributed by atoms with E-state index in [1.807, 2.05) is 24.3 Å². The molecule has 2 nitrogen and oxygen atoms in total. The van der Waals surface area contributed by atoms with Crippen molar-refractivity contribution >= 4 is 27.4 Å². The maximum absolute atomic E-state index is 11.9. The van der Waals surface area contributed by atoms with Gasteiger partial charge in [-0.25, -0.2) is 0 Å². The molecule has 0 aliphatic rings. The van der Waals surface area contributed by atoms with Crippen LogP contribution in [0.15, 0.2) is 65.3 Å². The lowest BCUT2D eigenvalue weighted by molar-refractivity contribution is 0.104. The molecule has 21 heavy (non-hydrogen) atoms. The molecule has 0 aliphatic carbocycles. The van der Waals surface area contributed by atoms with E-state index in [4.69, 9.17) is 0 Å². The summed E-state index contributed by atoms with van der Waals surface area (Å²) in [5.41, 5.74) is 2.95. The lowest BCUT2D eigenvalue weighted by Crippen LogP contribution is -1.96. The first-order chi connectivity index (χ1) is 10.1. The number of ketones is 1. The molecule has 0 bridgehead atoms. The third-order valence-electron chi connectivity index (χ3n) is 3.19. The lowest BCUT2D eigenvalue weighted by Gasteiger charge is -2.06. The van der Waals surface area contributed by atoms with Gasteiger partial charge in [0.05, 0.1) is 0 Å². The van der Waals surface area contributed by atoms with Crippen LogP contribution in [0.4, 0.5) is 5.69 Å². The largest absolute Gasteiger partial charge is 0.362 e. The zero-order valence-corrected chi connectivity index (χ0v) is 13.7. The van der Waals surface area contributed by atoms with Crippen LogP contribution in [0.3, 0.4) is 0 Å². The predicted octanol–water partition coefficient (Wildman–Crippen LogP) is 5.38. The van der Waals surface area contributed by atoms with Crippen LogP contribution >= 0.6 is 15.9 Å². The molecule has 0 atom stereocenters. The van der Waals surface area contributed by atoms with Crippen LogP contribution in [-0.2, 0) is 0 Å². The van der Waals surface area contributed by atoms with Crippen molar-refractivity contribution < 1.29 is 4.79 Å². The number of hydrogen-bond acceptors (Lipinski definition) is 2. The van der Waals surface area contributed by atoms with Crippen molar-refractivity contribution in [2.75, 3.05) is 5.32 Å². The average molecular weight is 344 g/mol. The first kappa shape index (κ1) is 15.5. The number of allylic oxidation sites excluding steroid dienone is 1. The predicted molar refractivity (Wildman–Crippen MR) is 91.8 cm³/mol. The maximum Gasteiger partial charge on any atom is 0.187 e. The Kier molecular flexibility index (Phi) is 5.34. The van der Waals surface area contributed by atoms with E-state index >= 15 is 0 Å². The second kappa shape index (κ2) is 7.23. The second-order valence-corrected chi connectivity index (χ2v) is 6.04. The van der Waals surface area contributed by atoms with E-state index in [2.05, 4.69) is 47.2 Å². The topological polar surface area (TPSA) is 29.1 Å². The number of carbonyl (C=O) groups excluding carboxylic acids is 1. The highest BCUT2D eigenvalue weighted by Crippen LogP contribution is 2.17. The fourth-order valence-corrected chi connectivity index (χ4v) is 2.15. The average Bonchev–Trinajstić information content (AvgIpc) is 2.48. The summed E-state index contributed by atoms with van der Waals surface area (Å²) < 4.78 is 0.964. The first-order valence-electron chi connectivity index (χ1n) is 6.89. The van der Waals surface area contributed by atoms with Crippen LogP contribution in [-0.4, -0.2) is 5.78 Å². The fourth-order valence-electron chi connectivity index (χ4n) is 1.89. The number of benzene rings is 2. The lowest BCUT2D eigenvalue weighted by atomic mass is 10.0. The van der Waals surface area contributed by atoms with Gasteiger partial charge in [0.15, 0.2) is 5.78 Å². The number of rotatable bonds is 5. The minimum Gasteiger partial charge on any atom is -0.362 e. The van der Waals surface area contributed by atoms with E-state index in [1.165, 1.54) is 5.56 Å². The van der Waals surface area contributed by atoms with Crippen LogP contribution in [0.25, 0.3) is 0 Å². The Bertz CT molecular complexity index is 627. The van der Waals surface area contributed by atoms with Crippen LogP contribution < -0.4 is 5.32 Å². The summed E-state index contributed by atoms with van der Waals surface area (Å²) >= 11 is 3.35. The molecule has 0 aromatic heterocycles. The first-order valence-corrected chi connectivity index (χ1v) is 7.68. The molecule has 1 N–H and O–H groups in total. The Balaban J connectivity index is 1.95. The summed E-state index contributed by atoms with van der Waals surface area (Å²) in [5, 5.41) is 3.11. The Morgan fingerprint density at radius 2 is 1.67 bits per heavy atom. The highest BCUT2D eigenvalue weighted by molar-refractivity contribution is 9.10. The van der Waals surface area contributed by atoms with E-state index in [0.29, 0.717) is 11.5 Å². The zero-order valence-electron chi connectivity index (χ0n) is 12.1. The molecule has 0 amide bonds. The van der Waals surface area contributed by atoms with Gasteiger partial charge in [-0.3, -0.25) is 4.79 Å². The van der Waals surface area contributed by atoms with Gasteiger partial charge in [-0.1, -0.05) is 41.9 Å². The van der Waals surface area contributed by atoms with E-state index in [1.54, 1.807) is 24.4 Å². The molecule has 2 aromatic carbocycles. The van der Waals surface area contributed by atoms with E-state index < -0.39 is 0 Å². The summed E-state index contributed by atoms with van der Waals surface area (Å²) in [6, 6.07) is 15.5. The summed E-state index contributed by atoms with van der Waals surface area (Å²) in [7, 11) is 0. The molecular formula is C18H18BrNO. The minimum absolute atomic E-state index is 0.0196. The molecule has 108 valence electrons. The number of nitrogens with one attached hydrogen (secondary N) is 1. The Morgan fingerprint density at radius 1 is 1.05 bits per heavy atom. The standard InChI is InChI=1S/C18H18BrNO/c1-13(2)14-5-9-17(10-6-14)20-12-11-18(21)15-3-7-16(19)8-4-15/h3-13,20H,1-2H3/b12-11+. The van der Waals surface area contributed by atoms with Gasteiger partial charge in [-0.2, -0.15) is 0 Å². The third kappa shape index (κ3) is 4.57. The molecule has 0 saturated carbocycles. The number of hydrogen-bond donors (Lipinski definition) is 1. The summed E-state index contributed by atoms with van der Waals surface area (Å²) in [6.07, 6.45) is 3.22. The Labute approximate surface area is 134 Å². The quantitative estimate of drug-likeness (QED) is 0.583. The van der Waals surface area contributed by atoms with Gasteiger partial charge in [0.1, 0.15) is 0 Å². The number of halogens is 1. The van der Waals surface area contributed by atoms with Gasteiger partial charge in [0, 0.05) is 28.0 Å². The minimum atomic E-state index is -0.0196. The number of carbonyl (C=O) groups is 1. The molecule has 0 unspecified atom stereocenters. The molecule has 0 heterocycles. The summed E-state index contributed by atoms with van der Waals surface area (Å²) in [5.74, 6) is 0.502. The normalized spacial score (nSPS) is 11.0. The molecule has 3 heteroatoms. The van der Waals surface area contributed by atoms with Crippen molar-refractivity contribution in [3.05, 3.63) is 76.4 Å². The molecule has 0 spiro atoms. The molecule has 0 saturated heterocycles. The van der Waals surface area contributed by atoms with Crippen molar-refractivity contribution in [2.45, 2.75) is 19.8 Å². The van der Waals surface area contributed by atoms with Crippen LogP contribution in [0.1, 0.15) is 35.7 Å². The maximum atomic E-state index is 11.9. The number of anilines is 1. The highest BCUT2D eigenvalue weighted by Gasteiger charge is 2.01. The van der Waals surface area contributed by atoms with Crippen molar-refractivity contribution in [3.63, 3.8) is 0 Å². The smallest absolute Gasteiger partial charge is 0.187 e. The van der Waals surface area contributed by atoms with Crippen LogP contribution in [0.2, 0.25) is 0 Å². The van der Waals surface area contributed by atoms with E-state index in [-0.39, 0.29) is 5.78 Å².